The molecule has 0 bridgehead atoms. The summed E-state index contributed by atoms with van der Waals surface area (Å²) < 4.78 is 0. The predicted molar refractivity (Wildman–Crippen MR) is 77.5 cm³/mol. The number of rotatable bonds is 10. The fraction of sp³-hybridized carbons (Fsp3) is 1.00. The molecule has 0 heterocycles. The van der Waals surface area contributed by atoms with Crippen LogP contribution in [0.1, 0.15) is 40.0 Å². The summed E-state index contributed by atoms with van der Waals surface area (Å²) >= 11 is 2.13. The minimum Gasteiger partial charge on any atom is -0.313 e. The normalized spacial score (nSPS) is 15.4. The van der Waals surface area contributed by atoms with E-state index in [1.54, 1.807) is 0 Å². The first-order valence-electron chi connectivity index (χ1n) is 6.65. The Kier molecular flexibility index (Phi) is 10.6. The van der Waals surface area contributed by atoms with Gasteiger partial charge in [-0.1, -0.05) is 27.2 Å². The summed E-state index contributed by atoms with van der Waals surface area (Å²) in [7, 11) is 4.30. The van der Waals surface area contributed by atoms with Crippen molar-refractivity contribution in [3.63, 3.8) is 0 Å². The lowest BCUT2D eigenvalue weighted by Gasteiger charge is -2.26. The number of hydrogen-bond donors (Lipinski definition) is 1. The largest absolute Gasteiger partial charge is 0.313 e. The van der Waals surface area contributed by atoms with E-state index in [9.17, 15) is 0 Å². The molecule has 16 heavy (non-hydrogen) atoms. The van der Waals surface area contributed by atoms with Gasteiger partial charge in [0.05, 0.1) is 0 Å². The zero-order chi connectivity index (χ0) is 12.4. The van der Waals surface area contributed by atoms with Gasteiger partial charge < -0.3 is 10.2 Å². The van der Waals surface area contributed by atoms with Crippen molar-refractivity contribution in [3.05, 3.63) is 0 Å². The summed E-state index contributed by atoms with van der Waals surface area (Å²) in [6.45, 7) is 9.08. The van der Waals surface area contributed by atoms with E-state index in [-0.39, 0.29) is 0 Å². The van der Waals surface area contributed by atoms with Crippen LogP contribution in [-0.2, 0) is 0 Å². The van der Waals surface area contributed by atoms with E-state index in [1.165, 1.54) is 31.6 Å². The minimum absolute atomic E-state index is 0.701. The molecule has 0 aromatic heterocycles. The molecule has 0 amide bonds. The van der Waals surface area contributed by atoms with Crippen molar-refractivity contribution in [2.24, 2.45) is 0 Å². The van der Waals surface area contributed by atoms with Crippen LogP contribution in [-0.4, -0.2) is 49.1 Å². The predicted octanol–water partition coefficient (Wildman–Crippen LogP) is 2.84. The second-order valence-electron chi connectivity index (χ2n) is 4.57. The van der Waals surface area contributed by atoms with Crippen LogP contribution >= 0.6 is 11.8 Å². The molecular weight excluding hydrogens is 216 g/mol. The zero-order valence-corrected chi connectivity index (χ0v) is 12.6. The monoisotopic (exact) mass is 246 g/mol. The second-order valence-corrected chi connectivity index (χ2v) is 5.92. The molecule has 2 unspecified atom stereocenters. The summed E-state index contributed by atoms with van der Waals surface area (Å²) in [5.41, 5.74) is 0. The van der Waals surface area contributed by atoms with E-state index < -0.39 is 0 Å². The Morgan fingerprint density at radius 1 is 1.19 bits per heavy atom. The lowest BCUT2D eigenvalue weighted by molar-refractivity contribution is 0.434. The third kappa shape index (κ3) is 7.53. The van der Waals surface area contributed by atoms with E-state index in [2.05, 4.69) is 56.8 Å². The van der Waals surface area contributed by atoms with Crippen LogP contribution < -0.4 is 5.32 Å². The molecule has 0 aromatic rings. The third-order valence-electron chi connectivity index (χ3n) is 2.79. The van der Waals surface area contributed by atoms with Crippen LogP contribution in [0, 0.1) is 0 Å². The molecule has 0 aliphatic rings. The van der Waals surface area contributed by atoms with Crippen LogP contribution in [0.2, 0.25) is 0 Å². The molecule has 0 spiro atoms. The van der Waals surface area contributed by atoms with Gasteiger partial charge in [-0.2, -0.15) is 11.8 Å². The Morgan fingerprint density at radius 3 is 2.31 bits per heavy atom. The van der Waals surface area contributed by atoms with Gasteiger partial charge in [0.2, 0.25) is 0 Å². The summed E-state index contributed by atoms with van der Waals surface area (Å²) in [5, 5.41) is 4.42. The SMILES string of the molecule is CCCC(NCC)C(CC)SCCN(C)C. The molecule has 3 heteroatoms. The molecule has 98 valence electrons. The third-order valence-corrected chi connectivity index (χ3v) is 4.30. The highest BCUT2D eigenvalue weighted by molar-refractivity contribution is 7.99. The van der Waals surface area contributed by atoms with Crippen molar-refractivity contribution in [1.82, 2.24) is 10.2 Å². The van der Waals surface area contributed by atoms with E-state index >= 15 is 0 Å². The zero-order valence-electron chi connectivity index (χ0n) is 11.8. The average molecular weight is 246 g/mol. The van der Waals surface area contributed by atoms with E-state index in [0.29, 0.717) is 6.04 Å². The fourth-order valence-electron chi connectivity index (χ4n) is 1.90. The summed E-state index contributed by atoms with van der Waals surface area (Å²) in [5.74, 6) is 1.25. The van der Waals surface area contributed by atoms with Crippen LogP contribution in [0.15, 0.2) is 0 Å². The maximum absolute atomic E-state index is 3.64. The summed E-state index contributed by atoms with van der Waals surface area (Å²) in [6.07, 6.45) is 3.86. The fourth-order valence-corrected chi connectivity index (χ4v) is 3.37. The average Bonchev–Trinajstić information content (AvgIpc) is 2.24. The first kappa shape index (κ1) is 16.3. The van der Waals surface area contributed by atoms with Gasteiger partial charge >= 0.3 is 0 Å². The molecule has 0 radical (unpaired) electrons. The van der Waals surface area contributed by atoms with Crippen molar-refractivity contribution < 1.29 is 0 Å². The Balaban J connectivity index is 3.98. The summed E-state index contributed by atoms with van der Waals surface area (Å²) in [6, 6.07) is 0.701. The number of nitrogens with one attached hydrogen (secondary N) is 1. The maximum atomic E-state index is 3.64. The van der Waals surface area contributed by atoms with Crippen molar-refractivity contribution in [1.29, 1.82) is 0 Å². The van der Waals surface area contributed by atoms with Gasteiger partial charge in [0.15, 0.2) is 0 Å². The Morgan fingerprint density at radius 2 is 1.88 bits per heavy atom. The Hall–Kier alpha value is 0.270. The smallest absolute Gasteiger partial charge is 0.0199 e. The highest BCUT2D eigenvalue weighted by Crippen LogP contribution is 2.21. The minimum atomic E-state index is 0.701. The van der Waals surface area contributed by atoms with Gasteiger partial charge in [-0.25, -0.2) is 0 Å². The number of thioether (sulfide) groups is 1. The van der Waals surface area contributed by atoms with Crippen LogP contribution in [0.4, 0.5) is 0 Å². The quantitative estimate of drug-likeness (QED) is 0.638. The Bertz CT molecular complexity index is 145. The van der Waals surface area contributed by atoms with Crippen molar-refractivity contribution in [3.8, 4) is 0 Å². The van der Waals surface area contributed by atoms with Gasteiger partial charge in [0.1, 0.15) is 0 Å². The van der Waals surface area contributed by atoms with Gasteiger partial charge in [-0.3, -0.25) is 0 Å². The summed E-state index contributed by atoms with van der Waals surface area (Å²) in [4.78, 5) is 2.27. The molecule has 1 N–H and O–H groups in total. The maximum Gasteiger partial charge on any atom is 0.0199 e. The second kappa shape index (κ2) is 10.4. The van der Waals surface area contributed by atoms with E-state index in [1.807, 2.05) is 0 Å². The molecule has 2 nitrogen and oxygen atoms in total. The molecule has 0 aliphatic carbocycles. The lowest BCUT2D eigenvalue weighted by atomic mass is 10.1. The first-order valence-corrected chi connectivity index (χ1v) is 7.70. The lowest BCUT2D eigenvalue weighted by Crippen LogP contribution is -2.38. The van der Waals surface area contributed by atoms with Crippen molar-refractivity contribution in [2.75, 3.05) is 32.9 Å². The first-order chi connectivity index (χ1) is 7.65. The highest BCUT2D eigenvalue weighted by Gasteiger charge is 2.18. The van der Waals surface area contributed by atoms with Gasteiger partial charge in [-0.05, 0) is 33.5 Å². The van der Waals surface area contributed by atoms with Gasteiger partial charge in [0.25, 0.3) is 0 Å². The van der Waals surface area contributed by atoms with Crippen LogP contribution in [0.3, 0.4) is 0 Å². The Labute approximate surface area is 107 Å². The number of hydrogen-bond acceptors (Lipinski definition) is 3. The standard InChI is InChI=1S/C13H30N2S/c1-6-9-12(14-8-3)13(7-2)16-11-10-15(4)5/h12-14H,6-11H2,1-5H3. The van der Waals surface area contributed by atoms with Gasteiger partial charge in [0, 0.05) is 23.6 Å². The highest BCUT2D eigenvalue weighted by atomic mass is 32.2. The van der Waals surface area contributed by atoms with Gasteiger partial charge in [-0.15, -0.1) is 0 Å². The topological polar surface area (TPSA) is 15.3 Å². The molecule has 0 saturated heterocycles. The molecule has 0 fully saturated rings. The molecular formula is C13H30N2S. The van der Waals surface area contributed by atoms with Crippen molar-refractivity contribution in [2.45, 2.75) is 51.3 Å². The molecule has 2 atom stereocenters. The van der Waals surface area contributed by atoms with Crippen LogP contribution in [0.5, 0.6) is 0 Å². The molecule has 0 aliphatic heterocycles. The van der Waals surface area contributed by atoms with E-state index in [4.69, 9.17) is 0 Å². The molecule has 0 saturated carbocycles. The van der Waals surface area contributed by atoms with Crippen LogP contribution in [0.25, 0.3) is 0 Å². The molecule has 0 aromatic carbocycles. The number of nitrogens with zero attached hydrogens (tertiary/aromatic N) is 1. The van der Waals surface area contributed by atoms with E-state index in [0.717, 1.165) is 11.8 Å². The van der Waals surface area contributed by atoms with Crippen molar-refractivity contribution >= 4 is 11.8 Å². The molecule has 0 rings (SSSR count).